The highest BCUT2D eigenvalue weighted by atomic mass is 35.5. The van der Waals surface area contributed by atoms with Gasteiger partial charge in [0.1, 0.15) is 16.8 Å². The summed E-state index contributed by atoms with van der Waals surface area (Å²) in [5, 5.41) is 12.9. The molecule has 0 radical (unpaired) electrons. The van der Waals surface area contributed by atoms with E-state index >= 15 is 0 Å². The molecule has 1 aliphatic rings. The standard InChI is InChI=1S/C14H22ClN3O/c1-3-10(6-7-19)8-16-13-9(2)12(15)17-14(18-13)11-4-5-11/h10-11,19H,3-8H2,1-2H3,(H,16,17,18). The molecule has 1 saturated carbocycles. The maximum atomic E-state index is 9.01. The largest absolute Gasteiger partial charge is 0.396 e. The number of halogens is 1. The van der Waals surface area contributed by atoms with Crippen molar-refractivity contribution in [3.05, 3.63) is 16.5 Å². The number of hydrogen-bond acceptors (Lipinski definition) is 4. The van der Waals surface area contributed by atoms with Crippen LogP contribution in [0.4, 0.5) is 5.82 Å². The molecular weight excluding hydrogens is 262 g/mol. The van der Waals surface area contributed by atoms with Crippen LogP contribution in [0.15, 0.2) is 0 Å². The van der Waals surface area contributed by atoms with E-state index in [1.54, 1.807) is 0 Å². The Labute approximate surface area is 119 Å². The Morgan fingerprint density at radius 2 is 2.16 bits per heavy atom. The second kappa shape index (κ2) is 6.53. The van der Waals surface area contributed by atoms with Gasteiger partial charge < -0.3 is 10.4 Å². The maximum Gasteiger partial charge on any atom is 0.137 e. The monoisotopic (exact) mass is 283 g/mol. The lowest BCUT2D eigenvalue weighted by Crippen LogP contribution is -2.17. The minimum Gasteiger partial charge on any atom is -0.396 e. The van der Waals surface area contributed by atoms with Crippen molar-refractivity contribution in [3.8, 4) is 0 Å². The molecular formula is C14H22ClN3O. The number of anilines is 1. The Morgan fingerprint density at radius 3 is 2.74 bits per heavy atom. The van der Waals surface area contributed by atoms with E-state index in [-0.39, 0.29) is 6.61 Å². The molecule has 0 spiro atoms. The van der Waals surface area contributed by atoms with Crippen molar-refractivity contribution in [2.24, 2.45) is 5.92 Å². The Hall–Kier alpha value is -0.870. The molecule has 0 saturated heterocycles. The van der Waals surface area contributed by atoms with Gasteiger partial charge in [0.15, 0.2) is 0 Å². The first-order chi connectivity index (χ1) is 9.15. The van der Waals surface area contributed by atoms with Gasteiger partial charge in [-0.2, -0.15) is 0 Å². The van der Waals surface area contributed by atoms with Crippen LogP contribution in [0.1, 0.15) is 49.9 Å². The molecule has 1 aliphatic carbocycles. The summed E-state index contributed by atoms with van der Waals surface area (Å²) in [4.78, 5) is 8.95. The van der Waals surface area contributed by atoms with Crippen LogP contribution in [-0.2, 0) is 0 Å². The Balaban J connectivity index is 2.06. The van der Waals surface area contributed by atoms with E-state index < -0.39 is 0 Å². The molecule has 0 bridgehead atoms. The van der Waals surface area contributed by atoms with Gasteiger partial charge in [-0.1, -0.05) is 24.9 Å². The summed E-state index contributed by atoms with van der Waals surface area (Å²) >= 11 is 6.17. The highest BCUT2D eigenvalue weighted by Crippen LogP contribution is 2.39. The summed E-state index contributed by atoms with van der Waals surface area (Å²) in [5.74, 6) is 2.67. The fourth-order valence-corrected chi connectivity index (χ4v) is 2.25. The zero-order valence-electron chi connectivity index (χ0n) is 11.6. The molecule has 1 heterocycles. The summed E-state index contributed by atoms with van der Waals surface area (Å²) in [6.45, 7) is 5.12. The second-order valence-electron chi connectivity index (χ2n) is 5.29. The average molecular weight is 284 g/mol. The third-order valence-corrected chi connectivity index (χ3v) is 4.09. The number of nitrogens with one attached hydrogen (secondary N) is 1. The molecule has 106 valence electrons. The first-order valence-corrected chi connectivity index (χ1v) is 7.42. The summed E-state index contributed by atoms with van der Waals surface area (Å²) in [7, 11) is 0. The number of rotatable bonds is 7. The molecule has 1 aromatic rings. The Kier molecular flexibility index (Phi) is 4.99. The van der Waals surface area contributed by atoms with E-state index in [2.05, 4.69) is 22.2 Å². The predicted octanol–water partition coefficient (Wildman–Crippen LogP) is 3.14. The zero-order valence-corrected chi connectivity index (χ0v) is 12.4. The van der Waals surface area contributed by atoms with E-state index in [0.717, 1.165) is 36.6 Å². The fourth-order valence-electron chi connectivity index (χ4n) is 2.08. The number of aromatic nitrogens is 2. The first-order valence-electron chi connectivity index (χ1n) is 7.04. The van der Waals surface area contributed by atoms with Crippen molar-refractivity contribution in [3.63, 3.8) is 0 Å². The van der Waals surface area contributed by atoms with Crippen LogP contribution >= 0.6 is 11.6 Å². The number of nitrogens with zero attached hydrogens (tertiary/aromatic N) is 2. The Morgan fingerprint density at radius 1 is 1.42 bits per heavy atom. The minimum absolute atomic E-state index is 0.233. The fraction of sp³-hybridized carbons (Fsp3) is 0.714. The van der Waals surface area contributed by atoms with Crippen molar-refractivity contribution in [1.82, 2.24) is 9.97 Å². The van der Waals surface area contributed by atoms with Crippen LogP contribution in [0.3, 0.4) is 0 Å². The predicted molar refractivity (Wildman–Crippen MR) is 77.7 cm³/mol. The van der Waals surface area contributed by atoms with Gasteiger partial charge >= 0.3 is 0 Å². The van der Waals surface area contributed by atoms with Crippen molar-refractivity contribution >= 4 is 17.4 Å². The minimum atomic E-state index is 0.233. The second-order valence-corrected chi connectivity index (χ2v) is 5.65. The Bertz CT molecular complexity index is 435. The molecule has 2 N–H and O–H groups in total. The number of aliphatic hydroxyl groups excluding tert-OH is 1. The molecule has 0 aliphatic heterocycles. The van der Waals surface area contributed by atoms with E-state index in [0.29, 0.717) is 17.0 Å². The van der Waals surface area contributed by atoms with Crippen LogP contribution < -0.4 is 5.32 Å². The van der Waals surface area contributed by atoms with E-state index in [1.807, 2.05) is 6.92 Å². The summed E-state index contributed by atoms with van der Waals surface area (Å²) in [6, 6.07) is 0. The highest BCUT2D eigenvalue weighted by molar-refractivity contribution is 6.30. The molecule has 1 atom stereocenters. The van der Waals surface area contributed by atoms with Crippen molar-refractivity contribution in [2.45, 2.75) is 45.4 Å². The topological polar surface area (TPSA) is 58.0 Å². The van der Waals surface area contributed by atoms with E-state index in [1.165, 1.54) is 12.8 Å². The molecule has 1 aromatic heterocycles. The molecule has 19 heavy (non-hydrogen) atoms. The smallest absolute Gasteiger partial charge is 0.137 e. The first kappa shape index (κ1) is 14.5. The molecule has 4 nitrogen and oxygen atoms in total. The van der Waals surface area contributed by atoms with Gasteiger partial charge in [-0.05, 0) is 32.1 Å². The van der Waals surface area contributed by atoms with Crippen molar-refractivity contribution in [2.75, 3.05) is 18.5 Å². The number of hydrogen-bond donors (Lipinski definition) is 2. The van der Waals surface area contributed by atoms with Gasteiger partial charge in [-0.3, -0.25) is 0 Å². The normalized spacial score (nSPS) is 16.4. The SMILES string of the molecule is CCC(CCO)CNc1nc(C2CC2)nc(Cl)c1C. The summed E-state index contributed by atoms with van der Waals surface area (Å²) in [6.07, 6.45) is 4.19. The third-order valence-electron chi connectivity index (χ3n) is 3.72. The average Bonchev–Trinajstić information content (AvgIpc) is 3.23. The molecule has 5 heteroatoms. The van der Waals surface area contributed by atoms with Gasteiger partial charge in [0.25, 0.3) is 0 Å². The molecule has 1 unspecified atom stereocenters. The lowest BCUT2D eigenvalue weighted by Gasteiger charge is -2.16. The lowest BCUT2D eigenvalue weighted by atomic mass is 10.0. The van der Waals surface area contributed by atoms with E-state index in [4.69, 9.17) is 16.7 Å². The van der Waals surface area contributed by atoms with Crippen LogP contribution in [0.25, 0.3) is 0 Å². The molecule has 0 aromatic carbocycles. The zero-order chi connectivity index (χ0) is 13.8. The summed E-state index contributed by atoms with van der Waals surface area (Å²) < 4.78 is 0. The van der Waals surface area contributed by atoms with Crippen molar-refractivity contribution in [1.29, 1.82) is 0 Å². The van der Waals surface area contributed by atoms with Gasteiger partial charge in [-0.25, -0.2) is 9.97 Å². The third kappa shape index (κ3) is 3.80. The van der Waals surface area contributed by atoms with Crippen molar-refractivity contribution < 1.29 is 5.11 Å². The quantitative estimate of drug-likeness (QED) is 0.755. The molecule has 0 amide bonds. The van der Waals surface area contributed by atoms with E-state index in [9.17, 15) is 0 Å². The lowest BCUT2D eigenvalue weighted by molar-refractivity contribution is 0.258. The molecule has 2 rings (SSSR count). The van der Waals surface area contributed by atoms with Crippen LogP contribution in [0.5, 0.6) is 0 Å². The van der Waals surface area contributed by atoms with Crippen LogP contribution in [0, 0.1) is 12.8 Å². The number of aliphatic hydroxyl groups is 1. The van der Waals surface area contributed by atoms with Gasteiger partial charge in [0.05, 0.1) is 0 Å². The molecule has 1 fully saturated rings. The maximum absolute atomic E-state index is 9.01. The highest BCUT2D eigenvalue weighted by Gasteiger charge is 2.28. The summed E-state index contributed by atoms with van der Waals surface area (Å²) in [5.41, 5.74) is 0.907. The van der Waals surface area contributed by atoms with Crippen LogP contribution in [-0.4, -0.2) is 28.2 Å². The van der Waals surface area contributed by atoms with Crippen LogP contribution in [0.2, 0.25) is 5.15 Å². The van der Waals surface area contributed by atoms with Gasteiger partial charge in [0.2, 0.25) is 0 Å². The van der Waals surface area contributed by atoms with Gasteiger partial charge in [0, 0.05) is 24.6 Å². The van der Waals surface area contributed by atoms with Gasteiger partial charge in [-0.15, -0.1) is 0 Å².